The van der Waals surface area contributed by atoms with E-state index >= 15 is 0 Å². The molecule has 2 heterocycles. The summed E-state index contributed by atoms with van der Waals surface area (Å²) in [6, 6.07) is 13.2. The number of aromatic nitrogens is 2. The molecule has 3 aromatic rings. The first kappa shape index (κ1) is 17.2. The number of hydrogen-bond acceptors (Lipinski definition) is 2. The van der Waals surface area contributed by atoms with Crippen molar-refractivity contribution in [1.82, 2.24) is 9.38 Å². The molecule has 4 nitrogen and oxygen atoms in total. The van der Waals surface area contributed by atoms with Gasteiger partial charge in [0.15, 0.2) is 0 Å². The Morgan fingerprint density at radius 2 is 1.96 bits per heavy atom. The molecule has 0 saturated heterocycles. The van der Waals surface area contributed by atoms with Gasteiger partial charge in [0.05, 0.1) is 5.69 Å². The van der Waals surface area contributed by atoms with Gasteiger partial charge in [0.2, 0.25) is 0 Å². The molecular weight excluding hydrogens is 310 g/mol. The zero-order valence-corrected chi connectivity index (χ0v) is 15.1. The highest BCUT2D eigenvalue weighted by Crippen LogP contribution is 2.23. The van der Waals surface area contributed by atoms with E-state index in [0.717, 1.165) is 36.3 Å². The maximum Gasteiger partial charge on any atom is 0.255 e. The van der Waals surface area contributed by atoms with Crippen molar-refractivity contribution < 1.29 is 4.79 Å². The predicted molar refractivity (Wildman–Crippen MR) is 102 cm³/mol. The zero-order chi connectivity index (χ0) is 17.8. The summed E-state index contributed by atoms with van der Waals surface area (Å²) in [6.45, 7) is 6.53. The Morgan fingerprint density at radius 3 is 2.64 bits per heavy atom. The summed E-state index contributed by atoms with van der Waals surface area (Å²) in [5.41, 5.74) is 4.66. The number of pyridine rings is 1. The summed E-state index contributed by atoms with van der Waals surface area (Å²) in [5, 5.41) is 2.93. The van der Waals surface area contributed by atoms with Gasteiger partial charge in [0.1, 0.15) is 5.65 Å². The van der Waals surface area contributed by atoms with Crippen LogP contribution in [0.5, 0.6) is 0 Å². The second-order valence-corrected chi connectivity index (χ2v) is 6.67. The minimum atomic E-state index is -0.113. The number of carbonyl (C=O) groups is 1. The number of anilines is 1. The fourth-order valence-corrected chi connectivity index (χ4v) is 3.03. The first-order valence-electron chi connectivity index (χ1n) is 8.97. The van der Waals surface area contributed by atoms with Crippen LogP contribution < -0.4 is 5.32 Å². The molecule has 0 aliphatic rings. The standard InChI is InChI=1S/C21H25N3O/c1-4-5-11-18-20(15(2)3)23-19-14-16(12-13-24(18)19)21(25)22-17-9-7-6-8-10-17/h6-10,12-15H,4-5,11H2,1-3H3,(H,22,25). The van der Waals surface area contributed by atoms with Gasteiger partial charge in [0.25, 0.3) is 5.91 Å². The van der Waals surface area contributed by atoms with Crippen LogP contribution in [0.2, 0.25) is 0 Å². The number of nitrogens with zero attached hydrogens (tertiary/aromatic N) is 2. The van der Waals surface area contributed by atoms with Gasteiger partial charge in [-0.25, -0.2) is 4.98 Å². The van der Waals surface area contributed by atoms with Crippen LogP contribution in [0, 0.1) is 0 Å². The van der Waals surface area contributed by atoms with E-state index in [2.05, 4.69) is 30.5 Å². The Morgan fingerprint density at radius 1 is 1.20 bits per heavy atom. The number of unbranched alkanes of at least 4 members (excludes halogenated alkanes) is 1. The number of hydrogen-bond donors (Lipinski definition) is 1. The number of nitrogens with one attached hydrogen (secondary N) is 1. The smallest absolute Gasteiger partial charge is 0.255 e. The van der Waals surface area contributed by atoms with Crippen LogP contribution in [0.4, 0.5) is 5.69 Å². The summed E-state index contributed by atoms with van der Waals surface area (Å²) in [4.78, 5) is 17.3. The van der Waals surface area contributed by atoms with Crippen LogP contribution >= 0.6 is 0 Å². The number of rotatable bonds is 6. The maximum atomic E-state index is 12.5. The Bertz CT molecular complexity index is 865. The topological polar surface area (TPSA) is 46.4 Å². The molecule has 25 heavy (non-hydrogen) atoms. The van der Waals surface area contributed by atoms with Crippen molar-refractivity contribution >= 4 is 17.2 Å². The van der Waals surface area contributed by atoms with Gasteiger partial charge < -0.3 is 9.72 Å². The number of aryl methyl sites for hydroxylation is 1. The third kappa shape index (κ3) is 3.73. The van der Waals surface area contributed by atoms with Gasteiger partial charge in [0, 0.05) is 23.1 Å². The minimum Gasteiger partial charge on any atom is -0.322 e. The lowest BCUT2D eigenvalue weighted by Crippen LogP contribution is -2.12. The molecule has 4 heteroatoms. The molecule has 0 spiro atoms. The van der Waals surface area contributed by atoms with Gasteiger partial charge in [-0.15, -0.1) is 0 Å². The van der Waals surface area contributed by atoms with Crippen LogP contribution in [0.25, 0.3) is 5.65 Å². The number of imidazole rings is 1. The highest BCUT2D eigenvalue weighted by Gasteiger charge is 2.16. The lowest BCUT2D eigenvalue weighted by atomic mass is 10.1. The normalized spacial score (nSPS) is 11.2. The van der Waals surface area contributed by atoms with Gasteiger partial charge in [-0.05, 0) is 43.0 Å². The average Bonchev–Trinajstić information content (AvgIpc) is 2.98. The van der Waals surface area contributed by atoms with Crippen molar-refractivity contribution in [3.63, 3.8) is 0 Å². The number of para-hydroxylation sites is 1. The molecule has 1 aromatic carbocycles. The highest BCUT2D eigenvalue weighted by atomic mass is 16.1. The van der Waals surface area contributed by atoms with Crippen LogP contribution in [0.15, 0.2) is 48.7 Å². The summed E-state index contributed by atoms with van der Waals surface area (Å²) in [6.07, 6.45) is 5.28. The van der Waals surface area contributed by atoms with Crippen LogP contribution in [-0.4, -0.2) is 15.3 Å². The van der Waals surface area contributed by atoms with E-state index < -0.39 is 0 Å². The van der Waals surface area contributed by atoms with Gasteiger partial charge in [-0.2, -0.15) is 0 Å². The summed E-state index contributed by atoms with van der Waals surface area (Å²) in [7, 11) is 0. The summed E-state index contributed by atoms with van der Waals surface area (Å²) < 4.78 is 2.13. The third-order valence-corrected chi connectivity index (χ3v) is 4.36. The molecule has 130 valence electrons. The molecule has 0 aliphatic carbocycles. The molecule has 2 aromatic heterocycles. The molecule has 0 saturated carbocycles. The largest absolute Gasteiger partial charge is 0.322 e. The number of benzene rings is 1. The minimum absolute atomic E-state index is 0.113. The average molecular weight is 335 g/mol. The van der Waals surface area contributed by atoms with E-state index in [0.29, 0.717) is 11.5 Å². The maximum absolute atomic E-state index is 12.5. The fraction of sp³-hybridized carbons (Fsp3) is 0.333. The first-order chi connectivity index (χ1) is 12.1. The van der Waals surface area contributed by atoms with E-state index in [9.17, 15) is 4.79 Å². The zero-order valence-electron chi connectivity index (χ0n) is 15.1. The van der Waals surface area contributed by atoms with E-state index in [1.165, 1.54) is 5.69 Å². The Hall–Kier alpha value is -2.62. The van der Waals surface area contributed by atoms with Crippen molar-refractivity contribution in [3.8, 4) is 0 Å². The monoisotopic (exact) mass is 335 g/mol. The summed E-state index contributed by atoms with van der Waals surface area (Å²) >= 11 is 0. The van der Waals surface area contributed by atoms with E-state index in [1.807, 2.05) is 48.7 Å². The highest BCUT2D eigenvalue weighted by molar-refractivity contribution is 6.04. The molecule has 0 fully saturated rings. The second-order valence-electron chi connectivity index (χ2n) is 6.67. The number of fused-ring (bicyclic) bond motifs is 1. The molecule has 0 unspecified atom stereocenters. The van der Waals surface area contributed by atoms with Gasteiger partial charge in [-0.3, -0.25) is 4.79 Å². The van der Waals surface area contributed by atoms with E-state index in [1.54, 1.807) is 0 Å². The van der Waals surface area contributed by atoms with Crippen molar-refractivity contribution in [2.75, 3.05) is 5.32 Å². The molecule has 1 amide bonds. The first-order valence-corrected chi connectivity index (χ1v) is 8.97. The van der Waals surface area contributed by atoms with Crippen molar-refractivity contribution in [2.24, 2.45) is 0 Å². The van der Waals surface area contributed by atoms with Gasteiger partial charge in [-0.1, -0.05) is 45.4 Å². The van der Waals surface area contributed by atoms with Crippen molar-refractivity contribution in [2.45, 2.75) is 46.0 Å². The molecule has 3 rings (SSSR count). The Labute approximate surface area is 148 Å². The molecule has 0 atom stereocenters. The molecule has 0 aliphatic heterocycles. The summed E-state index contributed by atoms with van der Waals surface area (Å²) in [5.74, 6) is 0.256. The van der Waals surface area contributed by atoms with Crippen LogP contribution in [0.1, 0.15) is 61.3 Å². The quantitative estimate of drug-likeness (QED) is 0.685. The molecule has 0 bridgehead atoms. The molecular formula is C21H25N3O. The molecule has 0 radical (unpaired) electrons. The van der Waals surface area contributed by atoms with Crippen molar-refractivity contribution in [3.05, 3.63) is 65.6 Å². The number of carbonyl (C=O) groups excluding carboxylic acids is 1. The number of amides is 1. The predicted octanol–water partition coefficient (Wildman–Crippen LogP) is 5.05. The third-order valence-electron chi connectivity index (χ3n) is 4.36. The second kappa shape index (κ2) is 7.51. The Balaban J connectivity index is 1.93. The lowest BCUT2D eigenvalue weighted by Gasteiger charge is -2.08. The lowest BCUT2D eigenvalue weighted by molar-refractivity contribution is 0.102. The Kier molecular flexibility index (Phi) is 5.17. The van der Waals surface area contributed by atoms with E-state index in [-0.39, 0.29) is 5.91 Å². The van der Waals surface area contributed by atoms with Crippen LogP contribution in [0.3, 0.4) is 0 Å². The van der Waals surface area contributed by atoms with Crippen molar-refractivity contribution in [1.29, 1.82) is 0 Å². The van der Waals surface area contributed by atoms with Crippen LogP contribution in [-0.2, 0) is 6.42 Å². The van der Waals surface area contributed by atoms with E-state index in [4.69, 9.17) is 4.98 Å². The fourth-order valence-electron chi connectivity index (χ4n) is 3.03. The SMILES string of the molecule is CCCCc1c(C(C)C)nc2cc(C(=O)Nc3ccccc3)ccn12. The van der Waals surface area contributed by atoms with Gasteiger partial charge >= 0.3 is 0 Å². The molecule has 1 N–H and O–H groups in total.